The number of amides is 1. The molecule has 0 aliphatic carbocycles. The molecule has 160 valence electrons. The van der Waals surface area contributed by atoms with Crippen molar-refractivity contribution in [2.24, 2.45) is 0 Å². The third kappa shape index (κ3) is 5.05. The van der Waals surface area contributed by atoms with Crippen molar-refractivity contribution in [3.63, 3.8) is 0 Å². The molecule has 3 heterocycles. The van der Waals surface area contributed by atoms with E-state index in [9.17, 15) is 13.2 Å². The van der Waals surface area contributed by atoms with Gasteiger partial charge in [0.05, 0.1) is 12.3 Å². The summed E-state index contributed by atoms with van der Waals surface area (Å²) >= 11 is 2.90. The number of hydrogen-bond acceptors (Lipinski definition) is 7. The van der Waals surface area contributed by atoms with Crippen LogP contribution >= 0.6 is 23.1 Å². The maximum atomic E-state index is 13.0. The summed E-state index contributed by atoms with van der Waals surface area (Å²) in [5, 5.41) is 4.58. The van der Waals surface area contributed by atoms with Crippen LogP contribution in [0.5, 0.6) is 0 Å². The lowest BCUT2D eigenvalue weighted by Crippen LogP contribution is -2.40. The zero-order valence-electron chi connectivity index (χ0n) is 16.7. The number of sulfonamides is 1. The van der Waals surface area contributed by atoms with E-state index >= 15 is 0 Å². The Balaban J connectivity index is 1.75. The van der Waals surface area contributed by atoms with Crippen molar-refractivity contribution in [1.29, 1.82) is 0 Å². The van der Waals surface area contributed by atoms with E-state index in [0.717, 1.165) is 41.7 Å². The van der Waals surface area contributed by atoms with Gasteiger partial charge in [-0.1, -0.05) is 13.8 Å². The third-order valence-corrected chi connectivity index (χ3v) is 8.93. The molecule has 10 heteroatoms. The molecule has 1 amide bonds. The van der Waals surface area contributed by atoms with Crippen molar-refractivity contribution in [3.8, 4) is 0 Å². The third-order valence-electron chi connectivity index (χ3n) is 5.00. The van der Waals surface area contributed by atoms with Crippen LogP contribution in [0.3, 0.4) is 0 Å². The topological polar surface area (TPSA) is 82.9 Å². The molecule has 1 atom stereocenters. The van der Waals surface area contributed by atoms with Crippen LogP contribution in [-0.2, 0) is 10.0 Å². The maximum absolute atomic E-state index is 13.0. The van der Waals surface area contributed by atoms with Gasteiger partial charge in [-0.2, -0.15) is 16.1 Å². The number of hydrogen-bond donors (Lipinski definition) is 1. The van der Waals surface area contributed by atoms with Gasteiger partial charge in [-0.05, 0) is 36.7 Å². The van der Waals surface area contributed by atoms with Gasteiger partial charge in [0.1, 0.15) is 15.5 Å². The van der Waals surface area contributed by atoms with Crippen molar-refractivity contribution < 1.29 is 17.6 Å². The molecule has 1 N–H and O–H groups in total. The van der Waals surface area contributed by atoms with Crippen molar-refractivity contribution in [1.82, 2.24) is 14.5 Å². The van der Waals surface area contributed by atoms with Gasteiger partial charge in [0.2, 0.25) is 10.0 Å². The fourth-order valence-corrected chi connectivity index (χ4v) is 7.31. The number of nitrogens with one attached hydrogen (secondary N) is 1. The van der Waals surface area contributed by atoms with Crippen LogP contribution in [0.25, 0.3) is 0 Å². The minimum atomic E-state index is -3.66. The van der Waals surface area contributed by atoms with Crippen LogP contribution in [0.4, 0.5) is 0 Å². The van der Waals surface area contributed by atoms with Gasteiger partial charge in [-0.15, -0.1) is 11.3 Å². The van der Waals surface area contributed by atoms with E-state index < -0.39 is 10.0 Å². The highest BCUT2D eigenvalue weighted by molar-refractivity contribution is 7.99. The van der Waals surface area contributed by atoms with Crippen molar-refractivity contribution in [2.45, 2.75) is 24.8 Å². The highest BCUT2D eigenvalue weighted by Crippen LogP contribution is 2.27. The molecule has 29 heavy (non-hydrogen) atoms. The number of carbonyl (C=O) groups is 1. The molecule has 0 bridgehead atoms. The smallest absolute Gasteiger partial charge is 0.262 e. The Morgan fingerprint density at radius 3 is 2.62 bits per heavy atom. The highest BCUT2D eigenvalue weighted by atomic mass is 32.2. The first-order valence-corrected chi connectivity index (χ1v) is 13.2. The Morgan fingerprint density at radius 1 is 1.28 bits per heavy atom. The van der Waals surface area contributed by atoms with Gasteiger partial charge in [-0.3, -0.25) is 9.69 Å². The quantitative estimate of drug-likeness (QED) is 0.623. The lowest BCUT2D eigenvalue weighted by Gasteiger charge is -2.28. The second-order valence-electron chi connectivity index (χ2n) is 6.59. The van der Waals surface area contributed by atoms with Crippen LogP contribution in [0.15, 0.2) is 39.2 Å². The first kappa shape index (κ1) is 22.4. The van der Waals surface area contributed by atoms with Crippen molar-refractivity contribution in [2.75, 3.05) is 44.2 Å². The largest absolute Gasteiger partial charge is 0.468 e. The number of furan rings is 1. The van der Waals surface area contributed by atoms with Gasteiger partial charge in [0, 0.05) is 31.1 Å². The molecule has 7 nitrogen and oxygen atoms in total. The van der Waals surface area contributed by atoms with Gasteiger partial charge in [0.25, 0.3) is 5.91 Å². The molecule has 0 aromatic carbocycles. The minimum absolute atomic E-state index is 0.101. The summed E-state index contributed by atoms with van der Waals surface area (Å²) in [4.78, 5) is 15.4. The van der Waals surface area contributed by atoms with Gasteiger partial charge >= 0.3 is 0 Å². The molecule has 1 aliphatic heterocycles. The number of thioether (sulfide) groups is 1. The van der Waals surface area contributed by atoms with Crippen molar-refractivity contribution in [3.05, 3.63) is 40.5 Å². The molecule has 0 radical (unpaired) electrons. The summed E-state index contributed by atoms with van der Waals surface area (Å²) in [6.45, 7) is 7.03. The Kier molecular flexibility index (Phi) is 7.80. The summed E-state index contributed by atoms with van der Waals surface area (Å²) in [6, 6.07) is 5.15. The van der Waals surface area contributed by atoms with Gasteiger partial charge in [0.15, 0.2) is 0 Å². The zero-order chi connectivity index (χ0) is 20.9. The van der Waals surface area contributed by atoms with Crippen LogP contribution < -0.4 is 5.32 Å². The Morgan fingerprint density at radius 2 is 2.00 bits per heavy atom. The van der Waals surface area contributed by atoms with Crippen LogP contribution in [-0.4, -0.2) is 67.8 Å². The van der Waals surface area contributed by atoms with Crippen molar-refractivity contribution >= 4 is 39.0 Å². The van der Waals surface area contributed by atoms with E-state index in [1.165, 1.54) is 10.4 Å². The fraction of sp³-hybridized carbons (Fsp3) is 0.526. The zero-order valence-corrected chi connectivity index (χ0v) is 19.1. The molecular formula is C19H27N3O4S3. The molecule has 2 aromatic heterocycles. The second kappa shape index (κ2) is 10.1. The predicted octanol–water partition coefficient (Wildman–Crippen LogP) is 2.89. The van der Waals surface area contributed by atoms with Crippen LogP contribution in [0, 0.1) is 0 Å². The highest BCUT2D eigenvalue weighted by Gasteiger charge is 2.31. The van der Waals surface area contributed by atoms with E-state index in [4.69, 9.17) is 4.42 Å². The second-order valence-corrected chi connectivity index (χ2v) is 10.6. The van der Waals surface area contributed by atoms with E-state index in [-0.39, 0.29) is 21.7 Å². The Labute approximate surface area is 180 Å². The molecular weight excluding hydrogens is 430 g/mol. The molecule has 3 rings (SSSR count). The van der Waals surface area contributed by atoms with E-state index in [0.29, 0.717) is 19.6 Å². The van der Waals surface area contributed by atoms with E-state index in [2.05, 4.69) is 24.1 Å². The number of thiophene rings is 1. The Bertz CT molecular complexity index is 886. The normalized spacial score (nSPS) is 16.8. The summed E-state index contributed by atoms with van der Waals surface area (Å²) in [6.07, 6.45) is 1.62. The minimum Gasteiger partial charge on any atom is -0.468 e. The average Bonchev–Trinajstić information content (AvgIpc) is 3.44. The first-order chi connectivity index (χ1) is 14.0. The monoisotopic (exact) mass is 457 g/mol. The number of likely N-dealkylation sites (N-methyl/N-ethyl adjacent to an activating group) is 1. The predicted molar refractivity (Wildman–Crippen MR) is 117 cm³/mol. The van der Waals surface area contributed by atoms with Crippen LogP contribution in [0.1, 0.15) is 35.3 Å². The molecule has 2 aromatic rings. The number of carbonyl (C=O) groups excluding carboxylic acids is 1. The number of rotatable bonds is 9. The standard InChI is InChI=1S/C19H27N3O4S3/c1-3-21(4-2)15(16-6-5-10-26-16)14-20-19(23)18-17(7-11-28-18)29(24,25)22-8-12-27-13-9-22/h5-7,10-11,15H,3-4,8-9,12-14H2,1-2H3,(H,20,23). The molecule has 1 saturated heterocycles. The molecule has 0 spiro atoms. The lowest BCUT2D eigenvalue weighted by atomic mass is 10.2. The van der Waals surface area contributed by atoms with E-state index in [1.807, 2.05) is 12.1 Å². The van der Waals surface area contributed by atoms with Gasteiger partial charge in [-0.25, -0.2) is 8.42 Å². The lowest BCUT2D eigenvalue weighted by molar-refractivity contribution is 0.0930. The SMILES string of the molecule is CCN(CC)C(CNC(=O)c1sccc1S(=O)(=O)N1CCSCC1)c1ccco1. The number of nitrogens with zero attached hydrogens (tertiary/aromatic N) is 2. The fourth-order valence-electron chi connectivity index (χ4n) is 3.42. The summed E-state index contributed by atoms with van der Waals surface area (Å²) in [7, 11) is -3.66. The summed E-state index contributed by atoms with van der Waals surface area (Å²) in [5.41, 5.74) is 0. The average molecular weight is 458 g/mol. The summed E-state index contributed by atoms with van der Waals surface area (Å²) in [5.74, 6) is 1.96. The summed E-state index contributed by atoms with van der Waals surface area (Å²) < 4.78 is 33.1. The Hall–Kier alpha value is -1.33. The first-order valence-electron chi connectivity index (χ1n) is 9.70. The molecule has 1 unspecified atom stereocenters. The molecule has 0 saturated carbocycles. The van der Waals surface area contributed by atoms with Gasteiger partial charge < -0.3 is 9.73 Å². The van der Waals surface area contributed by atoms with Crippen LogP contribution in [0.2, 0.25) is 0 Å². The van der Waals surface area contributed by atoms with E-state index in [1.54, 1.807) is 23.4 Å². The molecule has 1 fully saturated rings. The maximum Gasteiger partial charge on any atom is 0.262 e. The molecule has 1 aliphatic rings.